The van der Waals surface area contributed by atoms with Gasteiger partial charge in [0.15, 0.2) is 0 Å². The highest BCUT2D eigenvalue weighted by Crippen LogP contribution is 2.41. The molecule has 1 amide bonds. The number of aliphatic hydroxyl groups is 1. The van der Waals surface area contributed by atoms with Crippen LogP contribution in [0.4, 0.5) is 10.3 Å². The molecule has 1 aromatic heterocycles. The van der Waals surface area contributed by atoms with Crippen LogP contribution in [0, 0.1) is 5.82 Å². The summed E-state index contributed by atoms with van der Waals surface area (Å²) in [5, 5.41) is 11.3. The van der Waals surface area contributed by atoms with Crippen LogP contribution in [0.25, 0.3) is 5.76 Å². The normalized spacial score (nSPS) is 18.3. The summed E-state index contributed by atoms with van der Waals surface area (Å²) in [7, 11) is 0. The summed E-state index contributed by atoms with van der Waals surface area (Å²) in [6.45, 7) is 0. The second kappa shape index (κ2) is 7.44. The number of benzene rings is 2. The lowest BCUT2D eigenvalue weighted by Crippen LogP contribution is -2.31. The number of aliphatic hydroxyl groups excluding tert-OH is 1. The van der Waals surface area contributed by atoms with Crippen LogP contribution in [0.3, 0.4) is 0 Å². The van der Waals surface area contributed by atoms with Crippen molar-refractivity contribution in [1.82, 2.24) is 9.97 Å². The summed E-state index contributed by atoms with van der Waals surface area (Å²) < 4.78 is 13.5. The van der Waals surface area contributed by atoms with E-state index in [0.717, 1.165) is 4.90 Å². The van der Waals surface area contributed by atoms with Crippen LogP contribution in [0.2, 0.25) is 5.02 Å². The zero-order valence-corrected chi connectivity index (χ0v) is 15.5. The summed E-state index contributed by atoms with van der Waals surface area (Å²) in [6, 6.07) is 12.0. The van der Waals surface area contributed by atoms with E-state index in [2.05, 4.69) is 9.97 Å². The van der Waals surface area contributed by atoms with Crippen molar-refractivity contribution in [2.24, 2.45) is 0 Å². The van der Waals surface area contributed by atoms with Crippen LogP contribution in [0.15, 0.2) is 72.6 Å². The number of nitrogens with zero attached hydrogens (tertiary/aromatic N) is 3. The molecule has 0 radical (unpaired) electrons. The average molecular weight is 410 g/mol. The third-order valence-electron chi connectivity index (χ3n) is 4.52. The number of anilines is 1. The molecule has 1 fully saturated rings. The van der Waals surface area contributed by atoms with Crippen molar-refractivity contribution in [3.05, 3.63) is 94.5 Å². The average Bonchev–Trinajstić information content (AvgIpc) is 3.00. The van der Waals surface area contributed by atoms with Gasteiger partial charge in [-0.3, -0.25) is 14.5 Å². The Morgan fingerprint density at radius 1 is 1.00 bits per heavy atom. The zero-order valence-electron chi connectivity index (χ0n) is 14.8. The van der Waals surface area contributed by atoms with Crippen LogP contribution in [-0.4, -0.2) is 26.8 Å². The smallest absolute Gasteiger partial charge is 0.302 e. The van der Waals surface area contributed by atoms with Gasteiger partial charge in [-0.1, -0.05) is 23.7 Å². The lowest BCUT2D eigenvalue weighted by atomic mass is 9.95. The predicted octanol–water partition coefficient (Wildman–Crippen LogP) is 3.90. The largest absolute Gasteiger partial charge is 0.507 e. The number of Topliss-reactive ketones (excluding diaryl/α,β-unsaturated/α-hetero) is 1. The maximum absolute atomic E-state index is 13.5. The molecule has 3 aromatic rings. The molecule has 4 rings (SSSR count). The molecule has 0 saturated carbocycles. The molecule has 6 nitrogen and oxygen atoms in total. The Labute approximate surface area is 169 Å². The van der Waals surface area contributed by atoms with Gasteiger partial charge in [0.2, 0.25) is 5.95 Å². The number of halogens is 2. The van der Waals surface area contributed by atoms with E-state index in [1.165, 1.54) is 48.8 Å². The number of carbonyl (C=O) groups excluding carboxylic acids is 2. The Bertz CT molecular complexity index is 1120. The summed E-state index contributed by atoms with van der Waals surface area (Å²) in [4.78, 5) is 34.9. The van der Waals surface area contributed by atoms with Crippen LogP contribution in [-0.2, 0) is 9.59 Å². The molecule has 2 heterocycles. The first-order valence-corrected chi connectivity index (χ1v) is 8.94. The first-order valence-electron chi connectivity index (χ1n) is 8.57. The summed E-state index contributed by atoms with van der Waals surface area (Å²) in [6.07, 6.45) is 2.87. The highest BCUT2D eigenvalue weighted by atomic mass is 35.5. The molecule has 8 heteroatoms. The minimum atomic E-state index is -1.02. The number of amides is 1. The molecule has 1 aliphatic heterocycles. The predicted molar refractivity (Wildman–Crippen MR) is 105 cm³/mol. The van der Waals surface area contributed by atoms with Crippen molar-refractivity contribution in [2.45, 2.75) is 6.04 Å². The van der Waals surface area contributed by atoms with Crippen molar-refractivity contribution < 1.29 is 19.1 Å². The monoisotopic (exact) mass is 409 g/mol. The highest BCUT2D eigenvalue weighted by molar-refractivity contribution is 6.51. The van der Waals surface area contributed by atoms with Gasteiger partial charge < -0.3 is 5.11 Å². The van der Waals surface area contributed by atoms with Gasteiger partial charge in [0.1, 0.15) is 11.6 Å². The number of hydrogen-bond donors (Lipinski definition) is 1. The van der Waals surface area contributed by atoms with E-state index >= 15 is 0 Å². The third-order valence-corrected chi connectivity index (χ3v) is 4.77. The fourth-order valence-electron chi connectivity index (χ4n) is 3.18. The fourth-order valence-corrected chi connectivity index (χ4v) is 3.30. The number of aromatic nitrogens is 2. The standard InChI is InChI=1S/C21H13ClFN3O3/c22-14-6-2-13(3-7-14)18(27)16-17(12-4-8-15(23)9-5-12)26(20(29)19(16)28)21-24-10-1-11-25-21/h1-11,17,27H/b18-16-. The van der Waals surface area contributed by atoms with Crippen LogP contribution < -0.4 is 4.90 Å². The summed E-state index contributed by atoms with van der Waals surface area (Å²) >= 11 is 5.89. The molecule has 1 atom stereocenters. The third kappa shape index (κ3) is 3.36. The molecular formula is C21H13ClFN3O3. The molecule has 1 saturated heterocycles. The molecule has 29 heavy (non-hydrogen) atoms. The van der Waals surface area contributed by atoms with Gasteiger partial charge in [0, 0.05) is 23.0 Å². The lowest BCUT2D eigenvalue weighted by Gasteiger charge is -2.23. The summed E-state index contributed by atoms with van der Waals surface area (Å²) in [5.41, 5.74) is 0.596. The molecule has 1 N–H and O–H groups in total. The van der Waals surface area contributed by atoms with E-state index in [4.69, 9.17) is 11.6 Å². The SMILES string of the molecule is O=C1C(=O)N(c2ncccn2)C(c2ccc(F)cc2)/C1=C(/O)c1ccc(Cl)cc1. The Balaban J connectivity index is 1.94. The van der Waals surface area contributed by atoms with E-state index in [9.17, 15) is 19.1 Å². The van der Waals surface area contributed by atoms with Crippen molar-refractivity contribution in [1.29, 1.82) is 0 Å². The molecule has 2 aromatic carbocycles. The van der Waals surface area contributed by atoms with Crippen LogP contribution in [0.5, 0.6) is 0 Å². The quantitative estimate of drug-likeness (QED) is 0.403. The zero-order chi connectivity index (χ0) is 20.5. The first-order chi connectivity index (χ1) is 14.0. The molecule has 0 aliphatic carbocycles. The molecule has 144 valence electrons. The Hall–Kier alpha value is -3.58. The van der Waals surface area contributed by atoms with Crippen molar-refractivity contribution >= 4 is 35.0 Å². The van der Waals surface area contributed by atoms with Gasteiger partial charge in [0.05, 0.1) is 11.6 Å². The topological polar surface area (TPSA) is 83.4 Å². The maximum atomic E-state index is 13.5. The van der Waals surface area contributed by atoms with E-state index in [1.807, 2.05) is 0 Å². The van der Waals surface area contributed by atoms with Crippen LogP contribution in [0.1, 0.15) is 17.2 Å². The second-order valence-corrected chi connectivity index (χ2v) is 6.71. The molecule has 0 bridgehead atoms. The highest BCUT2D eigenvalue weighted by Gasteiger charge is 2.48. The van der Waals surface area contributed by atoms with E-state index in [0.29, 0.717) is 16.1 Å². The second-order valence-electron chi connectivity index (χ2n) is 6.28. The van der Waals surface area contributed by atoms with Crippen molar-refractivity contribution in [2.75, 3.05) is 4.90 Å². The van der Waals surface area contributed by atoms with Crippen molar-refractivity contribution in [3.63, 3.8) is 0 Å². The maximum Gasteiger partial charge on any atom is 0.302 e. The van der Waals surface area contributed by atoms with E-state index in [1.54, 1.807) is 18.2 Å². The molecule has 1 aliphatic rings. The van der Waals surface area contributed by atoms with E-state index < -0.39 is 23.5 Å². The van der Waals surface area contributed by atoms with Gasteiger partial charge in [0.25, 0.3) is 5.78 Å². The number of hydrogen-bond acceptors (Lipinski definition) is 5. The van der Waals surface area contributed by atoms with Gasteiger partial charge in [-0.15, -0.1) is 0 Å². The minimum absolute atomic E-state index is 0.000851. The first kappa shape index (κ1) is 18.8. The van der Waals surface area contributed by atoms with Crippen LogP contribution >= 0.6 is 11.6 Å². The van der Waals surface area contributed by atoms with E-state index in [-0.39, 0.29) is 17.3 Å². The summed E-state index contributed by atoms with van der Waals surface area (Å²) in [5.74, 6) is -2.62. The number of carbonyl (C=O) groups is 2. The van der Waals surface area contributed by atoms with Gasteiger partial charge in [-0.25, -0.2) is 14.4 Å². The minimum Gasteiger partial charge on any atom is -0.507 e. The number of rotatable bonds is 3. The van der Waals surface area contributed by atoms with Crippen molar-refractivity contribution in [3.8, 4) is 0 Å². The van der Waals surface area contributed by atoms with Gasteiger partial charge in [-0.05, 0) is 48.0 Å². The fraction of sp³-hybridized carbons (Fsp3) is 0.0476. The molecular weight excluding hydrogens is 397 g/mol. The Morgan fingerprint density at radius 3 is 2.24 bits per heavy atom. The lowest BCUT2D eigenvalue weighted by molar-refractivity contribution is -0.132. The Morgan fingerprint density at radius 2 is 1.62 bits per heavy atom. The molecule has 1 unspecified atom stereocenters. The van der Waals surface area contributed by atoms with Gasteiger partial charge >= 0.3 is 5.91 Å². The number of ketones is 1. The Kier molecular flexibility index (Phi) is 4.82. The van der Waals surface area contributed by atoms with Gasteiger partial charge in [-0.2, -0.15) is 0 Å². The molecule has 0 spiro atoms.